The molecule has 6 rings (SSSR count). The molecule has 4 amide bonds. The summed E-state index contributed by atoms with van der Waals surface area (Å²) in [6, 6.07) is 38.7. The summed E-state index contributed by atoms with van der Waals surface area (Å²) < 4.78 is 5.22. The minimum absolute atomic E-state index is 0.0462. The smallest absolute Gasteiger partial charge is 0.272 e. The standard InChI is InChI=1S/C39H31N5O5S/c1-49-32-20-12-26(13-21-32)24-34(41-37(46)27-8-4-2-5-9-27)38(47)40-28-16-22-33(23-17-28)50-35-25-36(45)44(39(35)48)31-18-14-30(15-19-31)43-42-29-10-6-3-7-11-29/h2-24,35H,25H2,1H3,(H,40,47)(H,41,46). The van der Waals surface area contributed by atoms with E-state index in [1.165, 1.54) is 16.7 Å². The van der Waals surface area contributed by atoms with Crippen LogP contribution in [0, 0.1) is 0 Å². The molecule has 0 bridgehead atoms. The first-order valence-corrected chi connectivity index (χ1v) is 16.5. The maximum Gasteiger partial charge on any atom is 0.272 e. The molecule has 2 N–H and O–H groups in total. The average molecular weight is 682 g/mol. The number of azo groups is 1. The van der Waals surface area contributed by atoms with Gasteiger partial charge in [-0.15, -0.1) is 11.8 Å². The zero-order valence-corrected chi connectivity index (χ0v) is 27.7. The highest BCUT2D eigenvalue weighted by Crippen LogP contribution is 2.35. The first kappa shape index (κ1) is 33.6. The number of hydrogen-bond donors (Lipinski definition) is 2. The molecule has 5 aromatic carbocycles. The fraction of sp³-hybridized carbons (Fsp3) is 0.0769. The van der Waals surface area contributed by atoms with Crippen LogP contribution >= 0.6 is 11.8 Å². The number of methoxy groups -OCH3 is 1. The van der Waals surface area contributed by atoms with E-state index in [2.05, 4.69) is 20.9 Å². The van der Waals surface area contributed by atoms with Crippen LogP contribution in [0.15, 0.2) is 154 Å². The summed E-state index contributed by atoms with van der Waals surface area (Å²) in [7, 11) is 1.57. The van der Waals surface area contributed by atoms with Crippen LogP contribution in [-0.4, -0.2) is 36.0 Å². The summed E-state index contributed by atoms with van der Waals surface area (Å²) >= 11 is 1.28. The zero-order chi connectivity index (χ0) is 34.9. The van der Waals surface area contributed by atoms with Gasteiger partial charge in [-0.05, 0) is 96.6 Å². The quantitative estimate of drug-likeness (QED) is 0.0827. The van der Waals surface area contributed by atoms with Gasteiger partial charge in [0.1, 0.15) is 11.4 Å². The molecule has 50 heavy (non-hydrogen) atoms. The van der Waals surface area contributed by atoms with E-state index in [1.807, 2.05) is 30.3 Å². The zero-order valence-electron chi connectivity index (χ0n) is 26.9. The lowest BCUT2D eigenvalue weighted by atomic mass is 10.1. The number of benzene rings is 5. The van der Waals surface area contributed by atoms with E-state index in [1.54, 1.807) is 116 Å². The second-order valence-corrected chi connectivity index (χ2v) is 12.3. The highest BCUT2D eigenvalue weighted by atomic mass is 32.2. The summed E-state index contributed by atoms with van der Waals surface area (Å²) in [5.41, 5.74) is 3.40. The minimum atomic E-state index is -0.604. The lowest BCUT2D eigenvalue weighted by Crippen LogP contribution is -2.31. The molecule has 10 nitrogen and oxygen atoms in total. The molecular formula is C39H31N5O5S. The van der Waals surface area contributed by atoms with Crippen molar-refractivity contribution in [1.29, 1.82) is 0 Å². The van der Waals surface area contributed by atoms with Crippen molar-refractivity contribution in [2.24, 2.45) is 10.2 Å². The summed E-state index contributed by atoms with van der Waals surface area (Å²) in [5, 5.41) is 13.4. The Morgan fingerprint density at radius 1 is 0.780 bits per heavy atom. The number of rotatable bonds is 11. The van der Waals surface area contributed by atoms with Crippen LogP contribution in [0.3, 0.4) is 0 Å². The Labute approximate surface area is 292 Å². The van der Waals surface area contributed by atoms with Gasteiger partial charge < -0.3 is 15.4 Å². The van der Waals surface area contributed by atoms with Gasteiger partial charge in [-0.2, -0.15) is 10.2 Å². The molecular weight excluding hydrogens is 651 g/mol. The molecule has 1 saturated heterocycles. The molecule has 0 saturated carbocycles. The van der Waals surface area contributed by atoms with Gasteiger partial charge in [-0.25, -0.2) is 4.90 Å². The summed E-state index contributed by atoms with van der Waals surface area (Å²) in [5.74, 6) is -0.887. The first-order chi connectivity index (χ1) is 24.4. The van der Waals surface area contributed by atoms with E-state index >= 15 is 0 Å². The molecule has 5 aromatic rings. The monoisotopic (exact) mass is 681 g/mol. The second-order valence-electron chi connectivity index (χ2n) is 11.1. The number of nitrogens with one attached hydrogen (secondary N) is 2. The van der Waals surface area contributed by atoms with E-state index in [0.717, 1.165) is 10.6 Å². The predicted molar refractivity (Wildman–Crippen MR) is 194 cm³/mol. The third-order valence-electron chi connectivity index (χ3n) is 7.60. The van der Waals surface area contributed by atoms with Gasteiger partial charge >= 0.3 is 0 Å². The number of amides is 4. The highest BCUT2D eigenvalue weighted by molar-refractivity contribution is 8.00. The highest BCUT2D eigenvalue weighted by Gasteiger charge is 2.40. The van der Waals surface area contributed by atoms with Crippen LogP contribution in [0.25, 0.3) is 6.08 Å². The van der Waals surface area contributed by atoms with E-state index in [4.69, 9.17) is 4.74 Å². The average Bonchev–Trinajstić information content (AvgIpc) is 3.43. The molecule has 11 heteroatoms. The number of imide groups is 1. The third-order valence-corrected chi connectivity index (χ3v) is 8.79. The summed E-state index contributed by atoms with van der Waals surface area (Å²) in [4.78, 5) is 54.5. The van der Waals surface area contributed by atoms with Crippen molar-refractivity contribution >= 4 is 64.2 Å². The third kappa shape index (κ3) is 8.38. The molecule has 0 aliphatic carbocycles. The van der Waals surface area contributed by atoms with Gasteiger partial charge in [-0.1, -0.05) is 48.5 Å². The van der Waals surface area contributed by atoms with E-state index in [9.17, 15) is 19.2 Å². The second kappa shape index (κ2) is 15.7. The molecule has 248 valence electrons. The van der Waals surface area contributed by atoms with Gasteiger partial charge in [0, 0.05) is 22.6 Å². The van der Waals surface area contributed by atoms with Gasteiger partial charge in [0.15, 0.2) is 0 Å². The van der Waals surface area contributed by atoms with Gasteiger partial charge in [0.2, 0.25) is 11.8 Å². The molecule has 1 aliphatic heterocycles. The fourth-order valence-electron chi connectivity index (χ4n) is 5.03. The molecule has 1 unspecified atom stereocenters. The van der Waals surface area contributed by atoms with Crippen molar-refractivity contribution < 1.29 is 23.9 Å². The maximum absolute atomic E-state index is 13.4. The van der Waals surface area contributed by atoms with Crippen LogP contribution in [0.5, 0.6) is 5.75 Å². The Kier molecular flexibility index (Phi) is 10.5. The lowest BCUT2D eigenvalue weighted by Gasteiger charge is -2.15. The van der Waals surface area contributed by atoms with Gasteiger partial charge in [0.25, 0.3) is 11.8 Å². The molecule has 1 aliphatic rings. The summed E-state index contributed by atoms with van der Waals surface area (Å²) in [6.07, 6.45) is 1.63. The van der Waals surface area contributed by atoms with Crippen molar-refractivity contribution in [1.82, 2.24) is 5.32 Å². The van der Waals surface area contributed by atoms with Crippen LogP contribution in [0.4, 0.5) is 22.7 Å². The topological polar surface area (TPSA) is 130 Å². The molecule has 1 heterocycles. The number of nitrogens with zero attached hydrogens (tertiary/aromatic N) is 3. The number of thioether (sulfide) groups is 1. The largest absolute Gasteiger partial charge is 0.497 e. The number of hydrogen-bond acceptors (Lipinski definition) is 8. The normalized spacial score (nSPS) is 14.5. The van der Waals surface area contributed by atoms with Crippen LogP contribution < -0.4 is 20.3 Å². The van der Waals surface area contributed by atoms with Crippen molar-refractivity contribution in [2.75, 3.05) is 17.3 Å². The van der Waals surface area contributed by atoms with Crippen molar-refractivity contribution in [2.45, 2.75) is 16.6 Å². The van der Waals surface area contributed by atoms with Gasteiger partial charge in [-0.3, -0.25) is 19.2 Å². The fourth-order valence-corrected chi connectivity index (χ4v) is 6.09. The Balaban J connectivity index is 1.10. The SMILES string of the molecule is COc1ccc(C=C(NC(=O)c2ccccc2)C(=O)Nc2ccc(SC3CC(=O)N(c4ccc(N=Nc5ccccc5)cc4)C3=O)cc2)cc1. The minimum Gasteiger partial charge on any atom is -0.497 e. The number of carbonyl (C=O) groups excluding carboxylic acids is 4. The molecule has 0 spiro atoms. The van der Waals surface area contributed by atoms with Crippen LogP contribution in [-0.2, 0) is 14.4 Å². The first-order valence-electron chi connectivity index (χ1n) is 15.6. The Morgan fingerprint density at radius 3 is 2.04 bits per heavy atom. The number of carbonyl (C=O) groups is 4. The number of ether oxygens (including phenoxy) is 1. The van der Waals surface area contributed by atoms with E-state index in [-0.39, 0.29) is 23.9 Å². The lowest BCUT2D eigenvalue weighted by molar-refractivity contribution is -0.121. The molecule has 1 fully saturated rings. The van der Waals surface area contributed by atoms with Crippen LogP contribution in [0.1, 0.15) is 22.3 Å². The van der Waals surface area contributed by atoms with Crippen molar-refractivity contribution in [3.8, 4) is 5.75 Å². The van der Waals surface area contributed by atoms with Crippen molar-refractivity contribution in [3.63, 3.8) is 0 Å². The Bertz CT molecular complexity index is 2050. The van der Waals surface area contributed by atoms with E-state index < -0.39 is 17.1 Å². The maximum atomic E-state index is 13.4. The number of anilines is 2. The molecule has 0 radical (unpaired) electrons. The van der Waals surface area contributed by atoms with Crippen LogP contribution in [0.2, 0.25) is 0 Å². The molecule has 1 atom stereocenters. The molecule has 0 aromatic heterocycles. The van der Waals surface area contributed by atoms with Crippen molar-refractivity contribution in [3.05, 3.63) is 150 Å². The van der Waals surface area contributed by atoms with Gasteiger partial charge in [0.05, 0.1) is 29.4 Å². The summed E-state index contributed by atoms with van der Waals surface area (Å²) in [6.45, 7) is 0. The Hall–Kier alpha value is -6.33. The predicted octanol–water partition coefficient (Wildman–Crippen LogP) is 7.94. The van der Waals surface area contributed by atoms with E-state index in [0.29, 0.717) is 33.9 Å². The Morgan fingerprint density at radius 2 is 1.40 bits per heavy atom.